The second-order valence-corrected chi connectivity index (χ2v) is 4.81. The number of urea groups is 1. The monoisotopic (exact) mass is 290 g/mol. The van der Waals surface area contributed by atoms with Crippen LogP contribution in [0.1, 0.15) is 26.7 Å². The lowest BCUT2D eigenvalue weighted by Gasteiger charge is -2.20. The molecule has 20 heavy (non-hydrogen) atoms. The summed E-state index contributed by atoms with van der Waals surface area (Å²) in [6.07, 6.45) is 0.619. The lowest BCUT2D eigenvalue weighted by atomic mass is 10.0. The Balaban J connectivity index is 3.72. The highest BCUT2D eigenvalue weighted by molar-refractivity contribution is 5.75. The third-order valence-corrected chi connectivity index (χ3v) is 2.70. The van der Waals surface area contributed by atoms with E-state index in [2.05, 4.69) is 10.6 Å². The van der Waals surface area contributed by atoms with E-state index in [1.807, 2.05) is 13.8 Å². The van der Waals surface area contributed by atoms with E-state index in [1.165, 1.54) is 0 Å². The molecule has 0 aliphatic carbocycles. The molecule has 2 amide bonds. The zero-order chi connectivity index (χ0) is 15.4. The Hall–Kier alpha value is -1.34. The average molecular weight is 290 g/mol. The summed E-state index contributed by atoms with van der Waals surface area (Å²) >= 11 is 0. The van der Waals surface area contributed by atoms with Crippen molar-refractivity contribution < 1.29 is 24.2 Å². The summed E-state index contributed by atoms with van der Waals surface area (Å²) in [4.78, 5) is 22.3. The molecule has 0 bridgehead atoms. The van der Waals surface area contributed by atoms with Gasteiger partial charge < -0.3 is 25.2 Å². The first kappa shape index (κ1) is 18.7. The number of amides is 2. The smallest absolute Gasteiger partial charge is 0.315 e. The highest BCUT2D eigenvalue weighted by Gasteiger charge is 2.18. The summed E-state index contributed by atoms with van der Waals surface area (Å²) < 4.78 is 10.1. The standard InChI is InChI=1S/C13H26N2O5/c1-10(2)11(9-12(16)17)15-13(18)14-5-4-6-20-8-7-19-3/h10-11H,4-9H2,1-3H3,(H,16,17)(H2,14,15,18). The van der Waals surface area contributed by atoms with E-state index in [0.29, 0.717) is 32.8 Å². The lowest BCUT2D eigenvalue weighted by molar-refractivity contribution is -0.137. The van der Waals surface area contributed by atoms with E-state index in [4.69, 9.17) is 14.6 Å². The maximum atomic E-state index is 11.6. The van der Waals surface area contributed by atoms with Crippen LogP contribution in [0.25, 0.3) is 0 Å². The van der Waals surface area contributed by atoms with Gasteiger partial charge in [0.15, 0.2) is 0 Å². The maximum Gasteiger partial charge on any atom is 0.315 e. The van der Waals surface area contributed by atoms with Gasteiger partial charge in [-0.3, -0.25) is 4.79 Å². The van der Waals surface area contributed by atoms with Crippen LogP contribution in [-0.2, 0) is 14.3 Å². The Labute approximate surface area is 120 Å². The molecule has 1 atom stereocenters. The molecule has 7 nitrogen and oxygen atoms in total. The van der Waals surface area contributed by atoms with Crippen LogP contribution in [0.3, 0.4) is 0 Å². The fourth-order valence-corrected chi connectivity index (χ4v) is 1.48. The highest BCUT2D eigenvalue weighted by Crippen LogP contribution is 2.05. The second-order valence-electron chi connectivity index (χ2n) is 4.81. The number of aliphatic carboxylic acids is 1. The van der Waals surface area contributed by atoms with E-state index in [1.54, 1.807) is 7.11 Å². The first-order chi connectivity index (χ1) is 9.47. The van der Waals surface area contributed by atoms with Gasteiger partial charge >= 0.3 is 12.0 Å². The Bertz CT molecular complexity index is 284. The van der Waals surface area contributed by atoms with Gasteiger partial charge in [-0.15, -0.1) is 0 Å². The summed E-state index contributed by atoms with van der Waals surface area (Å²) in [6.45, 7) is 5.87. The number of nitrogens with one attached hydrogen (secondary N) is 2. The molecule has 118 valence electrons. The van der Waals surface area contributed by atoms with E-state index in [0.717, 1.165) is 0 Å². The molecule has 0 aromatic heterocycles. The van der Waals surface area contributed by atoms with Gasteiger partial charge in [-0.25, -0.2) is 4.79 Å². The molecule has 0 spiro atoms. The third kappa shape index (κ3) is 10.6. The largest absolute Gasteiger partial charge is 0.481 e. The molecule has 0 heterocycles. The summed E-state index contributed by atoms with van der Waals surface area (Å²) in [5.74, 6) is -0.857. The Kier molecular flexibility index (Phi) is 10.7. The van der Waals surface area contributed by atoms with E-state index >= 15 is 0 Å². The topological polar surface area (TPSA) is 96.9 Å². The van der Waals surface area contributed by atoms with Crippen molar-refractivity contribution in [3.8, 4) is 0 Å². The van der Waals surface area contributed by atoms with Crippen LogP contribution in [0.5, 0.6) is 0 Å². The minimum atomic E-state index is -0.921. The number of carbonyl (C=O) groups excluding carboxylic acids is 1. The minimum absolute atomic E-state index is 0.0641. The van der Waals surface area contributed by atoms with Gasteiger partial charge in [0.05, 0.1) is 19.6 Å². The van der Waals surface area contributed by atoms with Crippen molar-refractivity contribution in [3.63, 3.8) is 0 Å². The van der Waals surface area contributed by atoms with Gasteiger partial charge in [0.25, 0.3) is 0 Å². The molecule has 0 aromatic rings. The number of carbonyl (C=O) groups is 2. The van der Waals surface area contributed by atoms with Crippen LogP contribution in [-0.4, -0.2) is 56.6 Å². The molecule has 0 radical (unpaired) electrons. The molecule has 0 aliphatic heterocycles. The van der Waals surface area contributed by atoms with Gasteiger partial charge in [-0.05, 0) is 12.3 Å². The van der Waals surface area contributed by atoms with Gasteiger partial charge in [-0.1, -0.05) is 13.8 Å². The SMILES string of the molecule is COCCOCCCNC(=O)NC(CC(=O)O)C(C)C. The fraction of sp³-hybridized carbons (Fsp3) is 0.846. The Morgan fingerprint density at radius 3 is 2.45 bits per heavy atom. The second kappa shape index (κ2) is 11.5. The third-order valence-electron chi connectivity index (χ3n) is 2.70. The quantitative estimate of drug-likeness (QED) is 0.490. The van der Waals surface area contributed by atoms with Crippen LogP contribution in [0.15, 0.2) is 0 Å². The van der Waals surface area contributed by atoms with Crippen LogP contribution in [0.2, 0.25) is 0 Å². The molecule has 1 unspecified atom stereocenters. The number of methoxy groups -OCH3 is 1. The molecular formula is C13H26N2O5. The molecular weight excluding hydrogens is 264 g/mol. The van der Waals surface area contributed by atoms with Crippen LogP contribution in [0.4, 0.5) is 4.79 Å². The molecule has 0 fully saturated rings. The molecule has 7 heteroatoms. The number of hydrogen-bond donors (Lipinski definition) is 3. The first-order valence-electron chi connectivity index (χ1n) is 6.80. The summed E-state index contributed by atoms with van der Waals surface area (Å²) in [7, 11) is 1.61. The van der Waals surface area contributed by atoms with E-state index < -0.39 is 5.97 Å². The van der Waals surface area contributed by atoms with Crippen LogP contribution in [0, 0.1) is 5.92 Å². The van der Waals surface area contributed by atoms with E-state index in [-0.39, 0.29) is 24.4 Å². The van der Waals surface area contributed by atoms with Crippen molar-refractivity contribution >= 4 is 12.0 Å². The normalized spacial score (nSPS) is 12.2. The van der Waals surface area contributed by atoms with Crippen molar-refractivity contribution in [1.82, 2.24) is 10.6 Å². The maximum absolute atomic E-state index is 11.6. The number of carboxylic acid groups (broad SMARTS) is 1. The Morgan fingerprint density at radius 1 is 1.20 bits per heavy atom. The zero-order valence-electron chi connectivity index (χ0n) is 12.5. The number of ether oxygens (including phenoxy) is 2. The Morgan fingerprint density at radius 2 is 1.90 bits per heavy atom. The van der Waals surface area contributed by atoms with Crippen LogP contribution >= 0.6 is 0 Å². The van der Waals surface area contributed by atoms with Gasteiger partial charge in [-0.2, -0.15) is 0 Å². The van der Waals surface area contributed by atoms with Crippen molar-refractivity contribution in [1.29, 1.82) is 0 Å². The van der Waals surface area contributed by atoms with Crippen molar-refractivity contribution in [2.24, 2.45) is 5.92 Å². The molecule has 3 N–H and O–H groups in total. The van der Waals surface area contributed by atoms with Gasteiger partial charge in [0, 0.05) is 26.3 Å². The lowest BCUT2D eigenvalue weighted by Crippen LogP contribution is -2.45. The molecule has 0 aromatic carbocycles. The van der Waals surface area contributed by atoms with Gasteiger partial charge in [0.2, 0.25) is 0 Å². The number of rotatable bonds is 11. The zero-order valence-corrected chi connectivity index (χ0v) is 12.5. The molecule has 0 saturated carbocycles. The summed E-state index contributed by atoms with van der Waals surface area (Å²) in [6, 6.07) is -0.715. The summed E-state index contributed by atoms with van der Waals surface area (Å²) in [5, 5.41) is 14.1. The fourth-order valence-electron chi connectivity index (χ4n) is 1.48. The predicted octanol–water partition coefficient (Wildman–Crippen LogP) is 0.838. The predicted molar refractivity (Wildman–Crippen MR) is 74.7 cm³/mol. The average Bonchev–Trinajstić information content (AvgIpc) is 2.36. The summed E-state index contributed by atoms with van der Waals surface area (Å²) in [5.41, 5.74) is 0. The molecule has 0 rings (SSSR count). The van der Waals surface area contributed by atoms with Crippen molar-refractivity contribution in [3.05, 3.63) is 0 Å². The van der Waals surface area contributed by atoms with Crippen molar-refractivity contribution in [2.45, 2.75) is 32.7 Å². The number of hydrogen-bond acceptors (Lipinski definition) is 4. The molecule has 0 aliphatic rings. The molecule has 0 saturated heterocycles. The number of carboxylic acids is 1. The first-order valence-corrected chi connectivity index (χ1v) is 6.80. The van der Waals surface area contributed by atoms with Crippen LogP contribution < -0.4 is 10.6 Å². The van der Waals surface area contributed by atoms with E-state index in [9.17, 15) is 9.59 Å². The minimum Gasteiger partial charge on any atom is -0.481 e. The van der Waals surface area contributed by atoms with Gasteiger partial charge in [0.1, 0.15) is 0 Å². The van der Waals surface area contributed by atoms with Crippen molar-refractivity contribution in [2.75, 3.05) is 33.5 Å². The highest BCUT2D eigenvalue weighted by atomic mass is 16.5.